The largest absolute Gasteiger partial charge is 0.337 e. The number of rotatable bonds is 4. The number of amides is 1. The SMILES string of the molecule is CCc1ccc2c(c1)c(C)c(C(=O)Nc1cc(C)ccc1C)n2CC. The van der Waals surface area contributed by atoms with E-state index in [-0.39, 0.29) is 5.91 Å². The van der Waals surface area contributed by atoms with Gasteiger partial charge in [-0.25, -0.2) is 0 Å². The first-order chi connectivity index (χ1) is 12.0. The second-order valence-corrected chi connectivity index (χ2v) is 6.70. The van der Waals surface area contributed by atoms with Crippen molar-refractivity contribution in [1.82, 2.24) is 4.57 Å². The van der Waals surface area contributed by atoms with Crippen molar-refractivity contribution in [3.05, 3.63) is 64.3 Å². The zero-order valence-corrected chi connectivity index (χ0v) is 15.7. The van der Waals surface area contributed by atoms with E-state index in [0.717, 1.165) is 46.6 Å². The number of nitrogens with one attached hydrogen (secondary N) is 1. The Morgan fingerprint density at radius 1 is 1.04 bits per heavy atom. The molecule has 1 heterocycles. The van der Waals surface area contributed by atoms with Gasteiger partial charge in [-0.2, -0.15) is 0 Å². The fraction of sp³-hybridized carbons (Fsp3) is 0.318. The van der Waals surface area contributed by atoms with Gasteiger partial charge in [-0.15, -0.1) is 0 Å². The van der Waals surface area contributed by atoms with E-state index in [1.54, 1.807) is 0 Å². The molecule has 0 aliphatic carbocycles. The van der Waals surface area contributed by atoms with Gasteiger partial charge >= 0.3 is 0 Å². The molecule has 3 nitrogen and oxygen atoms in total. The molecule has 0 bridgehead atoms. The van der Waals surface area contributed by atoms with Gasteiger partial charge in [0.15, 0.2) is 0 Å². The van der Waals surface area contributed by atoms with Crippen molar-refractivity contribution in [3.63, 3.8) is 0 Å². The third kappa shape index (κ3) is 3.07. The second kappa shape index (κ2) is 6.75. The summed E-state index contributed by atoms with van der Waals surface area (Å²) in [6, 6.07) is 12.6. The van der Waals surface area contributed by atoms with Crippen molar-refractivity contribution < 1.29 is 4.79 Å². The van der Waals surface area contributed by atoms with Crippen LogP contribution in [0, 0.1) is 20.8 Å². The van der Waals surface area contributed by atoms with Crippen molar-refractivity contribution in [2.45, 2.75) is 47.6 Å². The average Bonchev–Trinajstić information content (AvgIpc) is 2.89. The summed E-state index contributed by atoms with van der Waals surface area (Å²) in [4.78, 5) is 13.1. The smallest absolute Gasteiger partial charge is 0.272 e. The first-order valence-electron chi connectivity index (χ1n) is 8.96. The standard InChI is InChI=1S/C22H26N2O/c1-6-17-10-11-20-18(13-17)16(5)21(24(20)7-2)22(25)23-19-12-14(3)8-9-15(19)4/h8-13H,6-7H2,1-5H3,(H,23,25). The molecule has 3 aromatic rings. The van der Waals surface area contributed by atoms with E-state index < -0.39 is 0 Å². The molecule has 130 valence electrons. The Morgan fingerprint density at radius 2 is 1.80 bits per heavy atom. The van der Waals surface area contributed by atoms with Gasteiger partial charge in [-0.1, -0.05) is 25.1 Å². The Balaban J connectivity index is 2.09. The minimum Gasteiger partial charge on any atom is -0.337 e. The molecule has 1 amide bonds. The van der Waals surface area contributed by atoms with Crippen LogP contribution in [0.25, 0.3) is 10.9 Å². The van der Waals surface area contributed by atoms with Crippen LogP contribution in [0.2, 0.25) is 0 Å². The molecule has 0 saturated carbocycles. The lowest BCUT2D eigenvalue weighted by Gasteiger charge is -2.12. The quantitative estimate of drug-likeness (QED) is 0.681. The molecule has 0 aliphatic rings. The molecular formula is C22H26N2O. The molecule has 3 rings (SSSR count). The third-order valence-electron chi connectivity index (χ3n) is 4.96. The number of hydrogen-bond donors (Lipinski definition) is 1. The lowest BCUT2D eigenvalue weighted by atomic mass is 10.1. The molecule has 1 aromatic heterocycles. The number of hydrogen-bond acceptors (Lipinski definition) is 1. The Bertz CT molecular complexity index is 950. The number of aromatic nitrogens is 1. The summed E-state index contributed by atoms with van der Waals surface area (Å²) in [6.07, 6.45) is 0.997. The van der Waals surface area contributed by atoms with Crippen LogP contribution in [0.15, 0.2) is 36.4 Å². The fourth-order valence-electron chi connectivity index (χ4n) is 3.46. The van der Waals surface area contributed by atoms with Crippen LogP contribution in [0.3, 0.4) is 0 Å². The number of carbonyl (C=O) groups excluding carboxylic acids is 1. The summed E-state index contributed by atoms with van der Waals surface area (Å²) in [5.41, 5.74) is 7.33. The molecule has 2 aromatic carbocycles. The first kappa shape index (κ1) is 17.3. The summed E-state index contributed by atoms with van der Waals surface area (Å²) in [6.45, 7) is 11.1. The summed E-state index contributed by atoms with van der Waals surface area (Å²) < 4.78 is 2.12. The molecule has 25 heavy (non-hydrogen) atoms. The maximum absolute atomic E-state index is 13.1. The van der Waals surface area contributed by atoms with Crippen molar-refractivity contribution in [1.29, 1.82) is 0 Å². The molecule has 0 radical (unpaired) electrons. The Hall–Kier alpha value is -2.55. The van der Waals surface area contributed by atoms with Crippen LogP contribution in [-0.2, 0) is 13.0 Å². The van der Waals surface area contributed by atoms with Crippen LogP contribution in [0.4, 0.5) is 5.69 Å². The highest BCUT2D eigenvalue weighted by molar-refractivity contribution is 6.08. The molecule has 0 unspecified atom stereocenters. The van der Waals surface area contributed by atoms with Crippen molar-refractivity contribution in [2.24, 2.45) is 0 Å². The van der Waals surface area contributed by atoms with Gasteiger partial charge < -0.3 is 9.88 Å². The number of anilines is 1. The zero-order valence-electron chi connectivity index (χ0n) is 15.7. The highest BCUT2D eigenvalue weighted by Crippen LogP contribution is 2.28. The molecule has 3 heteroatoms. The summed E-state index contributed by atoms with van der Waals surface area (Å²) in [7, 11) is 0. The van der Waals surface area contributed by atoms with Crippen LogP contribution < -0.4 is 5.32 Å². The Labute approximate surface area is 149 Å². The average molecular weight is 334 g/mol. The number of benzene rings is 2. The predicted octanol–water partition coefficient (Wildman–Crippen LogP) is 5.40. The van der Waals surface area contributed by atoms with Gasteiger partial charge in [0, 0.05) is 23.1 Å². The van der Waals surface area contributed by atoms with E-state index in [2.05, 4.69) is 48.0 Å². The lowest BCUT2D eigenvalue weighted by Crippen LogP contribution is -2.18. The molecule has 0 aliphatic heterocycles. The Kier molecular flexibility index (Phi) is 4.67. The monoisotopic (exact) mass is 334 g/mol. The number of fused-ring (bicyclic) bond motifs is 1. The zero-order chi connectivity index (χ0) is 18.1. The van der Waals surface area contributed by atoms with Gasteiger partial charge in [0.2, 0.25) is 0 Å². The van der Waals surface area contributed by atoms with E-state index in [1.165, 1.54) is 10.9 Å². The van der Waals surface area contributed by atoms with E-state index in [0.29, 0.717) is 0 Å². The van der Waals surface area contributed by atoms with E-state index in [9.17, 15) is 4.79 Å². The molecule has 0 saturated heterocycles. The van der Waals surface area contributed by atoms with Crippen molar-refractivity contribution >= 4 is 22.5 Å². The highest BCUT2D eigenvalue weighted by atomic mass is 16.2. The van der Waals surface area contributed by atoms with E-state index >= 15 is 0 Å². The first-order valence-corrected chi connectivity index (χ1v) is 8.96. The van der Waals surface area contributed by atoms with Gasteiger partial charge in [-0.05, 0) is 74.6 Å². The van der Waals surface area contributed by atoms with Crippen LogP contribution in [-0.4, -0.2) is 10.5 Å². The summed E-state index contributed by atoms with van der Waals surface area (Å²) in [5, 5.41) is 4.29. The van der Waals surface area contributed by atoms with Crippen molar-refractivity contribution in [2.75, 3.05) is 5.32 Å². The molecule has 1 N–H and O–H groups in total. The van der Waals surface area contributed by atoms with E-state index in [4.69, 9.17) is 0 Å². The minimum atomic E-state index is -0.0395. The minimum absolute atomic E-state index is 0.0395. The summed E-state index contributed by atoms with van der Waals surface area (Å²) in [5.74, 6) is -0.0395. The van der Waals surface area contributed by atoms with E-state index in [1.807, 2.05) is 32.9 Å². The lowest BCUT2D eigenvalue weighted by molar-refractivity contribution is 0.101. The number of nitrogens with zero attached hydrogens (tertiary/aromatic N) is 1. The topological polar surface area (TPSA) is 34.0 Å². The second-order valence-electron chi connectivity index (χ2n) is 6.70. The van der Waals surface area contributed by atoms with Crippen LogP contribution in [0.1, 0.15) is 46.6 Å². The van der Waals surface area contributed by atoms with Gasteiger partial charge in [0.25, 0.3) is 5.91 Å². The van der Waals surface area contributed by atoms with Gasteiger partial charge in [0.1, 0.15) is 5.69 Å². The highest BCUT2D eigenvalue weighted by Gasteiger charge is 2.20. The van der Waals surface area contributed by atoms with Gasteiger partial charge in [0.05, 0.1) is 0 Å². The predicted molar refractivity (Wildman–Crippen MR) is 106 cm³/mol. The normalized spacial score (nSPS) is 11.1. The van der Waals surface area contributed by atoms with Crippen molar-refractivity contribution in [3.8, 4) is 0 Å². The Morgan fingerprint density at radius 3 is 2.48 bits per heavy atom. The maximum atomic E-state index is 13.1. The van der Waals surface area contributed by atoms with Crippen LogP contribution in [0.5, 0.6) is 0 Å². The maximum Gasteiger partial charge on any atom is 0.272 e. The van der Waals surface area contributed by atoms with Gasteiger partial charge in [-0.3, -0.25) is 4.79 Å². The number of aryl methyl sites for hydroxylation is 5. The molecule has 0 fully saturated rings. The van der Waals surface area contributed by atoms with Crippen LogP contribution >= 0.6 is 0 Å². The molecule has 0 atom stereocenters. The summed E-state index contributed by atoms with van der Waals surface area (Å²) >= 11 is 0. The molecule has 0 spiro atoms. The molecular weight excluding hydrogens is 308 g/mol. The fourth-order valence-corrected chi connectivity index (χ4v) is 3.46. The number of carbonyl (C=O) groups is 1. The third-order valence-corrected chi connectivity index (χ3v) is 4.96.